The molecule has 2 aromatic rings. The topological polar surface area (TPSA) is 72.2 Å². The second kappa shape index (κ2) is 4.14. The Balaban J connectivity index is 2.58. The summed E-state index contributed by atoms with van der Waals surface area (Å²) in [6, 6.07) is 6.73. The van der Waals surface area contributed by atoms with E-state index in [0.29, 0.717) is 17.4 Å². The van der Waals surface area contributed by atoms with Gasteiger partial charge in [0.1, 0.15) is 0 Å². The summed E-state index contributed by atoms with van der Waals surface area (Å²) in [5.74, 6) is -0.684. The first-order valence-electron chi connectivity index (χ1n) is 4.90. The molecule has 1 heterocycles. The van der Waals surface area contributed by atoms with Gasteiger partial charge in [0.05, 0.1) is 10.9 Å². The van der Waals surface area contributed by atoms with Crippen LogP contribution in [0.5, 0.6) is 0 Å². The number of benzene rings is 1. The van der Waals surface area contributed by atoms with E-state index >= 15 is 0 Å². The fourth-order valence-electron chi connectivity index (χ4n) is 1.35. The molecular formula is C11H10N2O3. The normalized spacial score (nSPS) is 10.3. The molecule has 5 heteroatoms. The second-order valence-corrected chi connectivity index (χ2v) is 3.18. The number of rotatable bonds is 2. The summed E-state index contributed by atoms with van der Waals surface area (Å²) in [6.45, 7) is 2.23. The van der Waals surface area contributed by atoms with Crippen molar-refractivity contribution in [2.24, 2.45) is 0 Å². The van der Waals surface area contributed by atoms with Crippen LogP contribution in [-0.2, 0) is 0 Å². The van der Waals surface area contributed by atoms with E-state index in [4.69, 9.17) is 4.42 Å². The summed E-state index contributed by atoms with van der Waals surface area (Å²) >= 11 is 0. The minimum atomic E-state index is -0.549. The van der Waals surface area contributed by atoms with Gasteiger partial charge in [-0.1, -0.05) is 12.1 Å². The van der Waals surface area contributed by atoms with Crippen LogP contribution in [0.25, 0.3) is 10.9 Å². The minimum Gasteiger partial charge on any atom is -0.398 e. The van der Waals surface area contributed by atoms with Crippen LogP contribution in [0.3, 0.4) is 0 Å². The lowest BCUT2D eigenvalue weighted by Gasteiger charge is -2.00. The molecule has 1 N–H and O–H groups in total. The third-order valence-corrected chi connectivity index (χ3v) is 2.07. The smallest absolute Gasteiger partial charge is 0.347 e. The maximum atomic E-state index is 11.5. The van der Waals surface area contributed by atoms with E-state index in [1.165, 1.54) is 0 Å². The predicted octanol–water partition coefficient (Wildman–Crippen LogP) is 0.938. The fraction of sp³-hybridized carbons (Fsp3) is 0.182. The van der Waals surface area contributed by atoms with E-state index in [2.05, 4.69) is 10.3 Å². The zero-order chi connectivity index (χ0) is 11.5. The van der Waals surface area contributed by atoms with Gasteiger partial charge in [-0.25, -0.2) is 9.78 Å². The maximum Gasteiger partial charge on any atom is 0.347 e. The third kappa shape index (κ3) is 1.79. The number of aromatic nitrogens is 1. The molecule has 82 valence electrons. The highest BCUT2D eigenvalue weighted by Gasteiger charge is 2.12. The van der Waals surface area contributed by atoms with Gasteiger partial charge in [0.15, 0.2) is 0 Å². The zero-order valence-electron chi connectivity index (χ0n) is 8.69. The SMILES string of the molecule is CCNC(=O)c1nc2ccccc2c(=O)o1. The Morgan fingerprint density at radius 1 is 1.44 bits per heavy atom. The molecule has 5 nitrogen and oxygen atoms in total. The summed E-state index contributed by atoms with van der Waals surface area (Å²) < 4.78 is 4.83. The molecule has 0 fully saturated rings. The van der Waals surface area contributed by atoms with Gasteiger partial charge < -0.3 is 9.73 Å². The lowest BCUT2D eigenvalue weighted by atomic mass is 10.2. The van der Waals surface area contributed by atoms with Crippen LogP contribution < -0.4 is 10.9 Å². The zero-order valence-corrected chi connectivity index (χ0v) is 8.69. The van der Waals surface area contributed by atoms with Gasteiger partial charge in [-0.3, -0.25) is 4.79 Å². The minimum absolute atomic E-state index is 0.203. The van der Waals surface area contributed by atoms with Crippen molar-refractivity contribution in [1.82, 2.24) is 10.3 Å². The number of carbonyl (C=O) groups is 1. The van der Waals surface area contributed by atoms with Crippen LogP contribution in [0.15, 0.2) is 33.5 Å². The third-order valence-electron chi connectivity index (χ3n) is 2.07. The van der Waals surface area contributed by atoms with E-state index in [-0.39, 0.29) is 5.89 Å². The van der Waals surface area contributed by atoms with Gasteiger partial charge in [0.25, 0.3) is 5.89 Å². The van der Waals surface area contributed by atoms with Crippen molar-refractivity contribution in [2.45, 2.75) is 6.92 Å². The molecule has 0 bridgehead atoms. The lowest BCUT2D eigenvalue weighted by molar-refractivity contribution is 0.0916. The number of fused-ring (bicyclic) bond motifs is 1. The number of hydrogen-bond donors (Lipinski definition) is 1. The van der Waals surface area contributed by atoms with E-state index in [1.54, 1.807) is 31.2 Å². The molecule has 0 unspecified atom stereocenters. The first kappa shape index (κ1) is 10.4. The number of hydrogen-bond acceptors (Lipinski definition) is 4. The highest BCUT2D eigenvalue weighted by Crippen LogP contribution is 2.06. The Hall–Kier alpha value is -2.17. The number of para-hydroxylation sites is 1. The number of nitrogens with one attached hydrogen (secondary N) is 1. The van der Waals surface area contributed by atoms with Gasteiger partial charge >= 0.3 is 11.5 Å². The van der Waals surface area contributed by atoms with Gasteiger partial charge in [0, 0.05) is 6.54 Å². The van der Waals surface area contributed by atoms with Gasteiger partial charge in [0.2, 0.25) is 0 Å². The number of carbonyl (C=O) groups excluding carboxylic acids is 1. The Labute approximate surface area is 91.1 Å². The van der Waals surface area contributed by atoms with Crippen LogP contribution in [0.4, 0.5) is 0 Å². The van der Waals surface area contributed by atoms with E-state index in [9.17, 15) is 9.59 Å². The lowest BCUT2D eigenvalue weighted by Crippen LogP contribution is -2.25. The molecule has 0 saturated heterocycles. The molecule has 0 saturated carbocycles. The molecule has 0 atom stereocenters. The highest BCUT2D eigenvalue weighted by atomic mass is 16.4. The molecular weight excluding hydrogens is 208 g/mol. The Bertz CT molecular complexity index is 589. The Kier molecular flexibility index (Phi) is 2.68. The average Bonchev–Trinajstić information content (AvgIpc) is 2.29. The monoisotopic (exact) mass is 218 g/mol. The quantitative estimate of drug-likeness (QED) is 0.814. The van der Waals surface area contributed by atoms with Crippen LogP contribution in [0.2, 0.25) is 0 Å². The molecule has 1 amide bonds. The van der Waals surface area contributed by atoms with Crippen molar-refractivity contribution in [3.8, 4) is 0 Å². The molecule has 2 rings (SSSR count). The van der Waals surface area contributed by atoms with E-state index < -0.39 is 11.5 Å². The summed E-state index contributed by atoms with van der Waals surface area (Å²) in [4.78, 5) is 26.9. The Morgan fingerprint density at radius 3 is 2.94 bits per heavy atom. The standard InChI is InChI=1S/C11H10N2O3/c1-2-12-9(14)10-13-8-6-4-3-5-7(8)11(15)16-10/h3-6H,2H2,1H3,(H,12,14). The van der Waals surface area contributed by atoms with Crippen molar-refractivity contribution in [3.63, 3.8) is 0 Å². The van der Waals surface area contributed by atoms with Crippen molar-refractivity contribution in [3.05, 3.63) is 40.6 Å². The van der Waals surface area contributed by atoms with E-state index in [1.807, 2.05) is 0 Å². The van der Waals surface area contributed by atoms with Crippen LogP contribution in [-0.4, -0.2) is 17.4 Å². The van der Waals surface area contributed by atoms with Gasteiger partial charge in [-0.05, 0) is 19.1 Å². The Morgan fingerprint density at radius 2 is 2.19 bits per heavy atom. The summed E-state index contributed by atoms with van der Waals surface area (Å²) in [5, 5.41) is 2.89. The fourth-order valence-corrected chi connectivity index (χ4v) is 1.35. The van der Waals surface area contributed by atoms with Crippen LogP contribution >= 0.6 is 0 Å². The number of amides is 1. The molecule has 0 spiro atoms. The molecule has 0 aliphatic rings. The summed E-state index contributed by atoms with van der Waals surface area (Å²) in [7, 11) is 0. The van der Waals surface area contributed by atoms with Crippen molar-refractivity contribution in [1.29, 1.82) is 0 Å². The van der Waals surface area contributed by atoms with Crippen molar-refractivity contribution in [2.75, 3.05) is 6.54 Å². The second-order valence-electron chi connectivity index (χ2n) is 3.18. The first-order chi connectivity index (χ1) is 7.72. The molecule has 1 aromatic heterocycles. The summed E-state index contributed by atoms with van der Waals surface area (Å²) in [6.07, 6.45) is 0. The molecule has 0 aliphatic carbocycles. The summed E-state index contributed by atoms with van der Waals surface area (Å²) in [5.41, 5.74) is -0.0909. The van der Waals surface area contributed by atoms with Gasteiger partial charge in [-0.15, -0.1) is 0 Å². The first-order valence-corrected chi connectivity index (χ1v) is 4.90. The molecule has 1 aromatic carbocycles. The van der Waals surface area contributed by atoms with Gasteiger partial charge in [-0.2, -0.15) is 0 Å². The van der Waals surface area contributed by atoms with Crippen molar-refractivity contribution < 1.29 is 9.21 Å². The van der Waals surface area contributed by atoms with Crippen LogP contribution in [0.1, 0.15) is 17.6 Å². The van der Waals surface area contributed by atoms with E-state index in [0.717, 1.165) is 0 Å². The van der Waals surface area contributed by atoms with Crippen LogP contribution in [0, 0.1) is 0 Å². The van der Waals surface area contributed by atoms with Crippen molar-refractivity contribution >= 4 is 16.8 Å². The maximum absolute atomic E-state index is 11.5. The largest absolute Gasteiger partial charge is 0.398 e. The highest BCUT2D eigenvalue weighted by molar-refractivity contribution is 5.91. The molecule has 0 radical (unpaired) electrons. The number of nitrogens with zero attached hydrogens (tertiary/aromatic N) is 1. The molecule has 0 aliphatic heterocycles. The molecule has 16 heavy (non-hydrogen) atoms. The average molecular weight is 218 g/mol. The predicted molar refractivity (Wildman–Crippen MR) is 58.3 cm³/mol.